The van der Waals surface area contributed by atoms with Crippen molar-refractivity contribution < 1.29 is 9.47 Å². The van der Waals surface area contributed by atoms with Gasteiger partial charge in [-0.3, -0.25) is 0 Å². The van der Waals surface area contributed by atoms with Gasteiger partial charge in [-0.25, -0.2) is 4.99 Å². The first-order valence-corrected chi connectivity index (χ1v) is 8.52. The summed E-state index contributed by atoms with van der Waals surface area (Å²) in [6.07, 6.45) is 0. The largest absolute Gasteiger partial charge is 0.454 e. The Hall–Kier alpha value is -2.21. The lowest BCUT2D eigenvalue weighted by atomic mass is 10.2. The van der Waals surface area contributed by atoms with Crippen LogP contribution in [0.2, 0.25) is 0 Å². The van der Waals surface area contributed by atoms with E-state index >= 15 is 0 Å². The highest BCUT2D eigenvalue weighted by molar-refractivity contribution is 7.11. The fraction of sp³-hybridized carbons (Fsp3) is 0.353. The van der Waals surface area contributed by atoms with Crippen LogP contribution in [0.5, 0.6) is 11.5 Å². The second kappa shape index (κ2) is 7.37. The van der Waals surface area contributed by atoms with Crippen molar-refractivity contribution >= 4 is 17.3 Å². The van der Waals surface area contributed by atoms with Crippen LogP contribution < -0.4 is 20.1 Å². The van der Waals surface area contributed by atoms with Gasteiger partial charge in [0.25, 0.3) is 0 Å². The number of nitrogens with zero attached hydrogens (tertiary/aromatic N) is 1. The van der Waals surface area contributed by atoms with Gasteiger partial charge in [0.1, 0.15) is 0 Å². The standard InChI is InChI=1S/C17H21N3O2S/c1-3-18-17(20-10-14-6-4-12(2)23-14)19-9-13-5-7-15-16(8-13)22-11-21-15/h4-8H,3,9-11H2,1-2H3,(H2,18,19,20). The number of benzene rings is 1. The highest BCUT2D eigenvalue weighted by Gasteiger charge is 2.12. The maximum atomic E-state index is 5.40. The molecule has 0 fully saturated rings. The number of guanidine groups is 1. The quantitative estimate of drug-likeness (QED) is 0.653. The van der Waals surface area contributed by atoms with Gasteiger partial charge in [0.05, 0.1) is 13.1 Å². The number of rotatable bonds is 5. The summed E-state index contributed by atoms with van der Waals surface area (Å²) in [5.74, 6) is 2.41. The van der Waals surface area contributed by atoms with Gasteiger partial charge < -0.3 is 20.1 Å². The molecule has 122 valence electrons. The molecule has 1 aliphatic heterocycles. The van der Waals surface area contributed by atoms with Gasteiger partial charge in [0.15, 0.2) is 17.5 Å². The SMILES string of the molecule is CCNC(=NCc1ccc2c(c1)OCO2)NCc1ccc(C)s1. The number of hydrogen-bond donors (Lipinski definition) is 2. The average molecular weight is 331 g/mol. The molecule has 2 aromatic rings. The minimum absolute atomic E-state index is 0.298. The Bertz CT molecular complexity index is 697. The molecule has 2 N–H and O–H groups in total. The second-order valence-corrected chi connectivity index (χ2v) is 6.62. The molecule has 1 aromatic heterocycles. The Balaban J connectivity index is 1.61. The fourth-order valence-electron chi connectivity index (χ4n) is 2.30. The van der Waals surface area contributed by atoms with Crippen molar-refractivity contribution in [3.8, 4) is 11.5 Å². The molecular weight excluding hydrogens is 310 g/mol. The zero-order valence-electron chi connectivity index (χ0n) is 13.4. The molecule has 0 atom stereocenters. The predicted octanol–water partition coefficient (Wildman–Crippen LogP) is 3.04. The van der Waals surface area contributed by atoms with E-state index in [4.69, 9.17) is 9.47 Å². The Kier molecular flexibility index (Phi) is 5.02. The van der Waals surface area contributed by atoms with E-state index in [1.165, 1.54) is 9.75 Å². The molecule has 2 heterocycles. The Morgan fingerprint density at radius 2 is 2.04 bits per heavy atom. The van der Waals surface area contributed by atoms with E-state index in [9.17, 15) is 0 Å². The van der Waals surface area contributed by atoms with Crippen LogP contribution in [-0.2, 0) is 13.1 Å². The lowest BCUT2D eigenvalue weighted by Gasteiger charge is -2.10. The number of fused-ring (bicyclic) bond motifs is 1. The van der Waals surface area contributed by atoms with Gasteiger partial charge in [-0.05, 0) is 43.7 Å². The number of aryl methyl sites for hydroxylation is 1. The summed E-state index contributed by atoms with van der Waals surface area (Å²) in [4.78, 5) is 7.26. The molecule has 1 aliphatic rings. The van der Waals surface area contributed by atoms with E-state index in [0.717, 1.165) is 36.1 Å². The first-order chi connectivity index (χ1) is 11.2. The number of ether oxygens (including phenoxy) is 2. The van der Waals surface area contributed by atoms with Gasteiger partial charge in [-0.2, -0.15) is 0 Å². The molecule has 23 heavy (non-hydrogen) atoms. The van der Waals surface area contributed by atoms with E-state index < -0.39 is 0 Å². The van der Waals surface area contributed by atoms with E-state index in [0.29, 0.717) is 13.3 Å². The topological polar surface area (TPSA) is 54.9 Å². The van der Waals surface area contributed by atoms with Crippen molar-refractivity contribution in [3.05, 3.63) is 45.6 Å². The van der Waals surface area contributed by atoms with Crippen LogP contribution in [0, 0.1) is 6.92 Å². The molecular formula is C17H21N3O2S. The molecule has 6 heteroatoms. The molecule has 1 aromatic carbocycles. The van der Waals surface area contributed by atoms with Crippen LogP contribution in [-0.4, -0.2) is 19.3 Å². The van der Waals surface area contributed by atoms with Crippen molar-refractivity contribution in [2.24, 2.45) is 4.99 Å². The third-order valence-electron chi connectivity index (χ3n) is 3.43. The number of nitrogens with one attached hydrogen (secondary N) is 2. The van der Waals surface area contributed by atoms with E-state index in [-0.39, 0.29) is 0 Å². The number of hydrogen-bond acceptors (Lipinski definition) is 4. The lowest BCUT2D eigenvalue weighted by Crippen LogP contribution is -2.36. The van der Waals surface area contributed by atoms with Gasteiger partial charge in [0, 0.05) is 16.3 Å². The summed E-state index contributed by atoms with van der Waals surface area (Å²) in [5.41, 5.74) is 1.10. The minimum Gasteiger partial charge on any atom is -0.454 e. The molecule has 0 unspecified atom stereocenters. The zero-order chi connectivity index (χ0) is 16.1. The van der Waals surface area contributed by atoms with Crippen molar-refractivity contribution in [1.29, 1.82) is 0 Å². The number of thiophene rings is 1. The molecule has 0 bridgehead atoms. The smallest absolute Gasteiger partial charge is 0.231 e. The Labute approximate surface area is 140 Å². The average Bonchev–Trinajstić information content (AvgIpc) is 3.18. The first-order valence-electron chi connectivity index (χ1n) is 7.70. The molecule has 0 amide bonds. The highest BCUT2D eigenvalue weighted by Crippen LogP contribution is 2.32. The van der Waals surface area contributed by atoms with Gasteiger partial charge in [-0.1, -0.05) is 6.07 Å². The van der Waals surface area contributed by atoms with E-state index in [1.807, 2.05) is 18.2 Å². The molecule has 5 nitrogen and oxygen atoms in total. The number of aliphatic imine (C=N–C) groups is 1. The van der Waals surface area contributed by atoms with Crippen molar-refractivity contribution in [2.45, 2.75) is 26.9 Å². The van der Waals surface area contributed by atoms with Crippen LogP contribution in [0.25, 0.3) is 0 Å². The fourth-order valence-corrected chi connectivity index (χ4v) is 3.13. The van der Waals surface area contributed by atoms with Gasteiger partial charge in [-0.15, -0.1) is 11.3 Å². The zero-order valence-corrected chi connectivity index (χ0v) is 14.2. The van der Waals surface area contributed by atoms with Crippen LogP contribution >= 0.6 is 11.3 Å². The second-order valence-electron chi connectivity index (χ2n) is 5.25. The van der Waals surface area contributed by atoms with Crippen LogP contribution in [0.3, 0.4) is 0 Å². The van der Waals surface area contributed by atoms with Crippen LogP contribution in [0.4, 0.5) is 0 Å². The molecule has 0 saturated carbocycles. The molecule has 0 saturated heterocycles. The maximum absolute atomic E-state index is 5.40. The van der Waals surface area contributed by atoms with Crippen molar-refractivity contribution in [2.75, 3.05) is 13.3 Å². The summed E-state index contributed by atoms with van der Waals surface area (Å²) >= 11 is 1.80. The normalized spacial score (nSPS) is 13.2. The summed E-state index contributed by atoms with van der Waals surface area (Å²) in [7, 11) is 0. The Morgan fingerprint density at radius 3 is 2.83 bits per heavy atom. The summed E-state index contributed by atoms with van der Waals surface area (Å²) in [6, 6.07) is 10.2. The molecule has 0 spiro atoms. The van der Waals surface area contributed by atoms with Crippen LogP contribution in [0.1, 0.15) is 22.2 Å². The van der Waals surface area contributed by atoms with Gasteiger partial charge in [0.2, 0.25) is 6.79 Å². The molecule has 0 aliphatic carbocycles. The summed E-state index contributed by atoms with van der Waals surface area (Å²) < 4.78 is 10.7. The summed E-state index contributed by atoms with van der Waals surface area (Å²) in [5, 5.41) is 6.64. The van der Waals surface area contributed by atoms with Crippen molar-refractivity contribution in [1.82, 2.24) is 10.6 Å². The minimum atomic E-state index is 0.298. The highest BCUT2D eigenvalue weighted by atomic mass is 32.1. The molecule has 0 radical (unpaired) electrons. The molecule has 3 rings (SSSR count). The third-order valence-corrected chi connectivity index (χ3v) is 4.43. The van der Waals surface area contributed by atoms with Crippen LogP contribution in [0.15, 0.2) is 35.3 Å². The van der Waals surface area contributed by atoms with E-state index in [2.05, 4.69) is 41.6 Å². The maximum Gasteiger partial charge on any atom is 0.231 e. The van der Waals surface area contributed by atoms with E-state index in [1.54, 1.807) is 11.3 Å². The summed E-state index contributed by atoms with van der Waals surface area (Å²) in [6.45, 7) is 6.68. The van der Waals surface area contributed by atoms with Gasteiger partial charge >= 0.3 is 0 Å². The lowest BCUT2D eigenvalue weighted by molar-refractivity contribution is 0.174. The van der Waals surface area contributed by atoms with Crippen molar-refractivity contribution in [3.63, 3.8) is 0 Å². The first kappa shape index (κ1) is 15.7. The monoisotopic (exact) mass is 331 g/mol. The third kappa shape index (κ3) is 4.16. The predicted molar refractivity (Wildman–Crippen MR) is 93.3 cm³/mol. The Morgan fingerprint density at radius 1 is 1.17 bits per heavy atom.